The van der Waals surface area contributed by atoms with Gasteiger partial charge < -0.3 is 0 Å². The van der Waals surface area contributed by atoms with Gasteiger partial charge in [-0.25, -0.2) is 4.98 Å². The van der Waals surface area contributed by atoms with Crippen molar-refractivity contribution in [2.24, 2.45) is 4.40 Å². The van der Waals surface area contributed by atoms with Gasteiger partial charge in [-0.1, -0.05) is 54.6 Å². The topological polar surface area (TPSA) is 59.4 Å². The van der Waals surface area contributed by atoms with Gasteiger partial charge in [0, 0.05) is 11.8 Å². The van der Waals surface area contributed by atoms with Gasteiger partial charge in [-0.15, -0.1) is 0 Å². The SMILES string of the molecule is O=S(=O)(/N=C(/C=C/c1ccccc1)c1ccc(C(F)(F)F)cc1)c1ccccn1. The van der Waals surface area contributed by atoms with E-state index in [0.717, 1.165) is 17.7 Å². The van der Waals surface area contributed by atoms with Crippen LogP contribution in [0.4, 0.5) is 13.2 Å². The molecular weight excluding hydrogens is 401 g/mol. The number of nitrogens with zero attached hydrogens (tertiary/aromatic N) is 2. The third kappa shape index (κ3) is 5.39. The zero-order chi connectivity index (χ0) is 20.9. The number of allylic oxidation sites excluding steroid dienone is 1. The molecule has 0 N–H and O–H groups in total. The van der Waals surface area contributed by atoms with Gasteiger partial charge in [0.2, 0.25) is 0 Å². The average Bonchev–Trinajstić information content (AvgIpc) is 2.72. The maximum absolute atomic E-state index is 12.8. The minimum atomic E-state index is -4.49. The largest absolute Gasteiger partial charge is 0.416 e. The van der Waals surface area contributed by atoms with Gasteiger partial charge in [0.05, 0.1) is 11.3 Å². The van der Waals surface area contributed by atoms with Crippen LogP contribution in [0.5, 0.6) is 0 Å². The van der Waals surface area contributed by atoms with Crippen LogP contribution in [-0.4, -0.2) is 19.1 Å². The summed E-state index contributed by atoms with van der Waals surface area (Å²) >= 11 is 0. The fourth-order valence-electron chi connectivity index (χ4n) is 2.42. The van der Waals surface area contributed by atoms with Gasteiger partial charge in [-0.3, -0.25) is 0 Å². The minimum Gasteiger partial charge on any atom is -0.243 e. The predicted molar refractivity (Wildman–Crippen MR) is 105 cm³/mol. The zero-order valence-corrected chi connectivity index (χ0v) is 15.7. The molecule has 0 atom stereocenters. The summed E-state index contributed by atoms with van der Waals surface area (Å²) in [6, 6.07) is 17.5. The third-order valence-electron chi connectivity index (χ3n) is 3.86. The lowest BCUT2D eigenvalue weighted by Gasteiger charge is -2.08. The predicted octanol–water partition coefficient (Wildman–Crippen LogP) is 4.99. The van der Waals surface area contributed by atoms with Gasteiger partial charge in [-0.2, -0.15) is 26.0 Å². The van der Waals surface area contributed by atoms with E-state index < -0.39 is 21.8 Å². The van der Waals surface area contributed by atoms with Crippen LogP contribution in [0.2, 0.25) is 0 Å². The van der Waals surface area contributed by atoms with Crippen molar-refractivity contribution in [1.29, 1.82) is 0 Å². The first-order chi connectivity index (χ1) is 13.8. The maximum atomic E-state index is 12.8. The summed E-state index contributed by atoms with van der Waals surface area (Å²) < 4.78 is 67.5. The Morgan fingerprint density at radius 2 is 1.55 bits per heavy atom. The third-order valence-corrected chi connectivity index (χ3v) is 5.07. The molecule has 1 heterocycles. The fraction of sp³-hybridized carbons (Fsp3) is 0.0476. The normalized spacial score (nSPS) is 13.0. The highest BCUT2D eigenvalue weighted by atomic mass is 32.2. The molecule has 29 heavy (non-hydrogen) atoms. The van der Waals surface area contributed by atoms with Crippen LogP contribution in [0.25, 0.3) is 6.08 Å². The van der Waals surface area contributed by atoms with Crippen molar-refractivity contribution < 1.29 is 21.6 Å². The molecule has 0 aliphatic rings. The molecule has 148 valence electrons. The summed E-state index contributed by atoms with van der Waals surface area (Å²) in [6.45, 7) is 0. The Balaban J connectivity index is 2.06. The molecule has 3 aromatic rings. The molecule has 2 aromatic carbocycles. The monoisotopic (exact) mass is 416 g/mol. The van der Waals surface area contributed by atoms with Gasteiger partial charge >= 0.3 is 6.18 Å². The number of hydrogen-bond donors (Lipinski definition) is 0. The van der Waals surface area contributed by atoms with Gasteiger partial charge in [0.25, 0.3) is 10.0 Å². The Kier molecular flexibility index (Phi) is 5.93. The second-order valence-electron chi connectivity index (χ2n) is 5.94. The van der Waals surface area contributed by atoms with Crippen LogP contribution in [-0.2, 0) is 16.2 Å². The highest BCUT2D eigenvalue weighted by Crippen LogP contribution is 2.29. The molecule has 4 nitrogen and oxygen atoms in total. The molecule has 0 unspecified atom stereocenters. The van der Waals surface area contributed by atoms with Gasteiger partial charge in [-0.05, 0) is 35.9 Å². The van der Waals surface area contributed by atoms with Crippen molar-refractivity contribution in [3.8, 4) is 0 Å². The van der Waals surface area contributed by atoms with Crippen molar-refractivity contribution in [2.45, 2.75) is 11.2 Å². The smallest absolute Gasteiger partial charge is 0.243 e. The summed E-state index contributed by atoms with van der Waals surface area (Å²) in [7, 11) is -4.15. The Morgan fingerprint density at radius 3 is 2.14 bits per heavy atom. The molecule has 0 aliphatic carbocycles. The number of alkyl halides is 3. The molecule has 0 spiro atoms. The molecule has 3 rings (SSSR count). The first-order valence-electron chi connectivity index (χ1n) is 8.42. The summed E-state index contributed by atoms with van der Waals surface area (Å²) in [4.78, 5) is 3.79. The molecule has 0 saturated carbocycles. The lowest BCUT2D eigenvalue weighted by atomic mass is 10.1. The van der Waals surface area contributed by atoms with Crippen molar-refractivity contribution in [1.82, 2.24) is 4.98 Å². The highest BCUT2D eigenvalue weighted by Gasteiger charge is 2.30. The van der Waals surface area contributed by atoms with Crippen LogP contribution < -0.4 is 0 Å². The van der Waals surface area contributed by atoms with Crippen LogP contribution >= 0.6 is 0 Å². The zero-order valence-electron chi connectivity index (χ0n) is 14.9. The molecule has 0 amide bonds. The molecule has 0 radical (unpaired) electrons. The van der Waals surface area contributed by atoms with Crippen LogP contribution in [0.1, 0.15) is 16.7 Å². The summed E-state index contributed by atoms with van der Waals surface area (Å²) in [5.74, 6) is 0. The summed E-state index contributed by atoms with van der Waals surface area (Å²) in [5, 5.41) is -0.252. The Hall–Kier alpha value is -3.26. The van der Waals surface area contributed by atoms with E-state index in [2.05, 4.69) is 9.38 Å². The van der Waals surface area contributed by atoms with E-state index in [1.54, 1.807) is 36.4 Å². The molecule has 0 saturated heterocycles. The van der Waals surface area contributed by atoms with Gasteiger partial charge in [0.15, 0.2) is 5.03 Å². The number of pyridine rings is 1. The number of hydrogen-bond acceptors (Lipinski definition) is 3. The van der Waals surface area contributed by atoms with Crippen LogP contribution in [0, 0.1) is 0 Å². The standard InChI is InChI=1S/C21H15F3N2O2S/c22-21(23,24)18-12-10-17(11-13-18)19(14-9-16-6-2-1-3-7-16)26-29(27,28)20-8-4-5-15-25-20/h1-15H/b14-9+,26-19-. The van der Waals surface area contributed by atoms with Crippen molar-refractivity contribution in [2.75, 3.05) is 0 Å². The minimum absolute atomic E-state index is 0.00627. The van der Waals surface area contributed by atoms with E-state index >= 15 is 0 Å². The number of sulfonamides is 1. The van der Waals surface area contributed by atoms with Gasteiger partial charge in [0.1, 0.15) is 0 Å². The van der Waals surface area contributed by atoms with E-state index in [0.29, 0.717) is 0 Å². The summed E-state index contributed by atoms with van der Waals surface area (Å²) in [5.41, 5.74) is 0.167. The van der Waals surface area contributed by atoms with E-state index in [-0.39, 0.29) is 16.3 Å². The van der Waals surface area contributed by atoms with Crippen molar-refractivity contribution >= 4 is 21.8 Å². The van der Waals surface area contributed by atoms with Crippen LogP contribution in [0.3, 0.4) is 0 Å². The quantitative estimate of drug-likeness (QED) is 0.551. The highest BCUT2D eigenvalue weighted by molar-refractivity contribution is 7.90. The fourth-order valence-corrected chi connectivity index (χ4v) is 3.39. The lowest BCUT2D eigenvalue weighted by molar-refractivity contribution is -0.137. The average molecular weight is 416 g/mol. The van der Waals surface area contributed by atoms with E-state index in [4.69, 9.17) is 0 Å². The van der Waals surface area contributed by atoms with E-state index in [1.165, 1.54) is 36.5 Å². The second-order valence-corrected chi connectivity index (χ2v) is 7.49. The Bertz CT molecular complexity index is 1120. The van der Waals surface area contributed by atoms with Crippen LogP contribution in [0.15, 0.2) is 94.5 Å². The number of halogens is 3. The maximum Gasteiger partial charge on any atom is 0.416 e. The number of aromatic nitrogens is 1. The Labute approximate surface area is 166 Å². The Morgan fingerprint density at radius 1 is 0.897 bits per heavy atom. The molecule has 0 fully saturated rings. The number of rotatable bonds is 5. The first-order valence-corrected chi connectivity index (χ1v) is 9.86. The lowest BCUT2D eigenvalue weighted by Crippen LogP contribution is -2.08. The molecule has 0 aliphatic heterocycles. The summed E-state index contributed by atoms with van der Waals surface area (Å²) in [6.07, 6.45) is -0.0986. The van der Waals surface area contributed by atoms with E-state index in [9.17, 15) is 21.6 Å². The molecule has 1 aromatic heterocycles. The molecule has 8 heteroatoms. The number of benzene rings is 2. The first kappa shape index (κ1) is 20.5. The second kappa shape index (κ2) is 8.40. The van der Waals surface area contributed by atoms with Crippen molar-refractivity contribution in [3.05, 3.63) is 102 Å². The van der Waals surface area contributed by atoms with E-state index in [1.807, 2.05) is 6.07 Å². The van der Waals surface area contributed by atoms with Crippen molar-refractivity contribution in [3.63, 3.8) is 0 Å². The molecule has 0 bridgehead atoms. The molecular formula is C21H15F3N2O2S.